The van der Waals surface area contributed by atoms with Gasteiger partial charge in [-0.15, -0.1) is 22.7 Å². The Morgan fingerprint density at radius 2 is 1.11 bits per heavy atom. The number of carbonyl (C=O) groups excluding carboxylic acids is 4. The van der Waals surface area contributed by atoms with Crippen LogP contribution in [0.5, 0.6) is 11.5 Å². The molecule has 0 spiro atoms. The van der Waals surface area contributed by atoms with Crippen LogP contribution in [0.2, 0.25) is 0 Å². The Morgan fingerprint density at radius 1 is 0.650 bits per heavy atom. The molecular formula is C63H85BrN3O10PS2. The van der Waals surface area contributed by atoms with Gasteiger partial charge in [-0.25, -0.2) is 9.59 Å². The third kappa shape index (κ3) is 20.9. The summed E-state index contributed by atoms with van der Waals surface area (Å²) in [6.45, 7) is 17.5. The first-order valence-corrected chi connectivity index (χ1v) is 31.9. The Kier molecular flexibility index (Phi) is 27.5. The third-order valence-corrected chi connectivity index (χ3v) is 20.2. The van der Waals surface area contributed by atoms with E-state index in [2.05, 4.69) is 80.7 Å². The van der Waals surface area contributed by atoms with Crippen LogP contribution < -0.4 is 20.5 Å². The Balaban J connectivity index is 0.000000209. The number of methoxy groups -OCH3 is 4. The van der Waals surface area contributed by atoms with E-state index >= 15 is 0 Å². The SMILES string of the molecule is COC(=O)c1sc(C#CC(C)(C)C)cc1Br.COC(=O)c1sc(C#CC(C)(C)C)cc1CCC(=O)N1CCOCC1.COc1cccc(OC)c1-c1ccccc1P(C1CCCCC1)C1CCCCC1.NCC(=O)N1CCOCC1. The lowest BCUT2D eigenvalue weighted by Crippen LogP contribution is -2.43. The highest BCUT2D eigenvalue weighted by molar-refractivity contribution is 9.10. The minimum atomic E-state index is -0.373. The summed E-state index contributed by atoms with van der Waals surface area (Å²) >= 11 is 5.99. The zero-order chi connectivity index (χ0) is 58.2. The highest BCUT2D eigenvalue weighted by Crippen LogP contribution is 2.57. The van der Waals surface area contributed by atoms with Gasteiger partial charge in [-0.1, -0.05) is 100 Å². The second-order valence-electron chi connectivity index (χ2n) is 22.0. The molecule has 4 aromatic rings. The van der Waals surface area contributed by atoms with Gasteiger partial charge >= 0.3 is 11.9 Å². The Bertz CT molecular complexity index is 2710. The van der Waals surface area contributed by atoms with Crippen molar-refractivity contribution in [2.24, 2.45) is 16.6 Å². The van der Waals surface area contributed by atoms with Crippen LogP contribution in [0.15, 0.2) is 59.1 Å². The zero-order valence-corrected chi connectivity index (χ0v) is 53.0. The Hall–Kier alpha value is -4.77. The molecule has 0 unspecified atom stereocenters. The van der Waals surface area contributed by atoms with Crippen molar-refractivity contribution >= 4 is 75.6 Å². The lowest BCUT2D eigenvalue weighted by molar-refractivity contribution is -0.135. The van der Waals surface area contributed by atoms with Crippen LogP contribution in [0.3, 0.4) is 0 Å². The topological polar surface area (TPSA) is 156 Å². The molecule has 0 bridgehead atoms. The number of esters is 2. The van der Waals surface area contributed by atoms with Crippen molar-refractivity contribution in [1.29, 1.82) is 0 Å². The number of carbonyl (C=O) groups is 4. The molecule has 2 aromatic heterocycles. The van der Waals surface area contributed by atoms with Crippen LogP contribution in [0.1, 0.15) is 147 Å². The lowest BCUT2D eigenvalue weighted by atomic mass is 9.98. The monoisotopic (exact) mass is 1220 g/mol. The number of nitrogens with zero attached hydrogens (tertiary/aromatic N) is 2. The van der Waals surface area contributed by atoms with Crippen molar-refractivity contribution in [2.45, 2.75) is 130 Å². The number of hydrogen-bond donors (Lipinski definition) is 1. The van der Waals surface area contributed by atoms with Crippen molar-refractivity contribution in [2.75, 3.05) is 87.6 Å². The highest BCUT2D eigenvalue weighted by Gasteiger charge is 2.34. The summed E-state index contributed by atoms with van der Waals surface area (Å²) in [6, 6.07) is 19.1. The number of ether oxygens (including phenoxy) is 6. The van der Waals surface area contributed by atoms with Crippen LogP contribution in [0.4, 0.5) is 0 Å². The van der Waals surface area contributed by atoms with E-state index in [-0.39, 0.29) is 49.0 Å². The predicted molar refractivity (Wildman–Crippen MR) is 329 cm³/mol. The molecule has 17 heteroatoms. The van der Waals surface area contributed by atoms with E-state index in [1.165, 1.54) is 107 Å². The molecule has 13 nitrogen and oxygen atoms in total. The number of benzene rings is 2. The van der Waals surface area contributed by atoms with E-state index < -0.39 is 0 Å². The molecule has 2 aliphatic carbocycles. The van der Waals surface area contributed by atoms with Crippen molar-refractivity contribution < 1.29 is 47.6 Å². The fraction of sp³-hybridized carbons (Fsp3) is 0.556. The minimum absolute atomic E-state index is 0.0169. The van der Waals surface area contributed by atoms with Crippen molar-refractivity contribution in [3.8, 4) is 46.3 Å². The van der Waals surface area contributed by atoms with Gasteiger partial charge in [-0.3, -0.25) is 9.59 Å². The molecule has 4 fully saturated rings. The standard InChI is InChI=1S/C26H35O2P.C19H25NO4S.C12H13BrO2S.C6H12N2O2/c1-27-23-17-11-18-24(28-2)26(23)22-16-9-10-19-25(22)29(20-12-5-3-6-13-20)21-14-7-4-8-15-21;1-19(2,3)8-7-15-13-14(17(25-15)18(22)23-4)5-6-16(21)20-9-11-24-12-10-20;1-12(2,3)6-5-8-7-9(13)10(16-8)11(14)15-4;7-5-6(9)8-1-3-10-4-2-8/h9-11,16-21H,3-8,12-15H2,1-2H3;13H,5-6,9-12H2,1-4H3;7H,1-4H3;1-5,7H2. The minimum Gasteiger partial charge on any atom is -0.496 e. The van der Waals surface area contributed by atoms with Crippen molar-refractivity contribution in [1.82, 2.24) is 9.80 Å². The molecule has 2 amide bonds. The average Bonchev–Trinajstić information content (AvgIpc) is 4.18. The van der Waals surface area contributed by atoms with E-state index in [1.54, 1.807) is 24.4 Å². The summed E-state index contributed by atoms with van der Waals surface area (Å²) < 4.78 is 32.2. The van der Waals surface area contributed by atoms with Crippen molar-refractivity contribution in [3.05, 3.63) is 84.1 Å². The van der Waals surface area contributed by atoms with Crippen LogP contribution in [0.25, 0.3) is 11.1 Å². The number of aryl methyl sites for hydroxylation is 1. The summed E-state index contributed by atoms with van der Waals surface area (Å²) in [7, 11) is 6.09. The van der Waals surface area contributed by atoms with Gasteiger partial charge in [-0.05, 0) is 142 Å². The first-order chi connectivity index (χ1) is 38.3. The quantitative estimate of drug-likeness (QED) is 0.0818. The summed E-state index contributed by atoms with van der Waals surface area (Å²) in [5, 5.41) is 1.59. The first kappa shape index (κ1) is 66.0. The maximum Gasteiger partial charge on any atom is 0.349 e. The number of rotatable bonds is 12. The highest BCUT2D eigenvalue weighted by atomic mass is 79.9. The third-order valence-electron chi connectivity index (χ3n) is 13.7. The molecule has 4 heterocycles. The van der Waals surface area contributed by atoms with Crippen LogP contribution in [-0.4, -0.2) is 132 Å². The molecule has 8 rings (SSSR count). The molecule has 0 atom stereocenters. The first-order valence-electron chi connectivity index (χ1n) is 28.0. The maximum absolute atomic E-state index is 12.3. The van der Waals surface area contributed by atoms with Crippen LogP contribution in [-0.2, 0) is 35.0 Å². The largest absolute Gasteiger partial charge is 0.496 e. The molecule has 80 heavy (non-hydrogen) atoms. The zero-order valence-electron chi connectivity index (χ0n) is 48.9. The van der Waals surface area contributed by atoms with Gasteiger partial charge < -0.3 is 44.0 Å². The molecule has 436 valence electrons. The molecule has 2 saturated carbocycles. The Labute approximate surface area is 494 Å². The number of amides is 2. The van der Waals surface area contributed by atoms with Gasteiger partial charge in [0.15, 0.2) is 0 Å². The van der Waals surface area contributed by atoms with Gasteiger partial charge in [0.05, 0.1) is 76.7 Å². The van der Waals surface area contributed by atoms with E-state index in [0.29, 0.717) is 75.2 Å². The van der Waals surface area contributed by atoms with Gasteiger partial charge in [0.25, 0.3) is 0 Å². The molecule has 4 aliphatic rings. The molecule has 0 radical (unpaired) electrons. The fourth-order valence-electron chi connectivity index (χ4n) is 9.69. The second kappa shape index (κ2) is 33.4. The van der Waals surface area contributed by atoms with Gasteiger partial charge in [0.2, 0.25) is 11.8 Å². The molecule has 2 aliphatic heterocycles. The lowest BCUT2D eigenvalue weighted by Gasteiger charge is -2.39. The normalized spacial score (nSPS) is 15.9. The number of morpholine rings is 2. The molecular weight excluding hydrogens is 1130 g/mol. The van der Waals surface area contributed by atoms with E-state index in [1.807, 2.05) is 64.6 Å². The van der Waals surface area contributed by atoms with Crippen LogP contribution in [0, 0.1) is 34.5 Å². The van der Waals surface area contributed by atoms with Gasteiger partial charge in [0, 0.05) is 47.9 Å². The van der Waals surface area contributed by atoms with Gasteiger partial charge in [0.1, 0.15) is 21.3 Å². The van der Waals surface area contributed by atoms with E-state index in [9.17, 15) is 19.2 Å². The Morgan fingerprint density at radius 3 is 1.59 bits per heavy atom. The molecule has 2 saturated heterocycles. The molecule has 2 aromatic carbocycles. The summed E-state index contributed by atoms with van der Waals surface area (Å²) in [5.41, 5.74) is 10.1. The number of thiophene rings is 2. The smallest absolute Gasteiger partial charge is 0.349 e. The summed E-state index contributed by atoms with van der Waals surface area (Å²) in [4.78, 5) is 52.9. The number of hydrogen-bond acceptors (Lipinski definition) is 13. The molecule has 2 N–H and O–H groups in total. The summed E-state index contributed by atoms with van der Waals surface area (Å²) in [6.07, 6.45) is 15.0. The van der Waals surface area contributed by atoms with Crippen LogP contribution >= 0.6 is 46.5 Å². The predicted octanol–water partition coefficient (Wildman–Crippen LogP) is 12.4. The van der Waals surface area contributed by atoms with Crippen molar-refractivity contribution in [3.63, 3.8) is 0 Å². The van der Waals surface area contributed by atoms with Gasteiger partial charge in [-0.2, -0.15) is 0 Å². The maximum atomic E-state index is 12.3. The van der Waals surface area contributed by atoms with E-state index in [0.717, 1.165) is 48.2 Å². The average molecular weight is 1220 g/mol. The number of nitrogens with two attached hydrogens (primary N) is 1. The summed E-state index contributed by atoms with van der Waals surface area (Å²) in [5.74, 6) is 13.7. The fourth-order valence-corrected chi connectivity index (χ4v) is 16.2. The van der Waals surface area contributed by atoms with E-state index in [4.69, 9.17) is 29.4 Å². The second-order valence-corrected chi connectivity index (χ2v) is 27.7. The number of halogens is 1.